The van der Waals surface area contributed by atoms with Gasteiger partial charge in [-0.15, -0.1) is 11.3 Å². The third kappa shape index (κ3) is 2.70. The fraction of sp³-hybridized carbons (Fsp3) is 0.231. The number of aromatic nitrogens is 2. The number of nitrogens with one attached hydrogen (secondary N) is 1. The molecule has 0 amide bonds. The molecule has 104 valence electrons. The van der Waals surface area contributed by atoms with E-state index in [1.807, 2.05) is 17.5 Å². The van der Waals surface area contributed by atoms with Crippen molar-refractivity contribution in [2.75, 3.05) is 11.9 Å². The number of hydrogen-bond acceptors (Lipinski definition) is 6. The van der Waals surface area contributed by atoms with Gasteiger partial charge in [0.05, 0.1) is 16.3 Å². The molecule has 20 heavy (non-hydrogen) atoms. The number of anilines is 1. The smallest absolute Gasteiger partial charge is 0.198 e. The predicted molar refractivity (Wildman–Crippen MR) is 83.0 cm³/mol. The summed E-state index contributed by atoms with van der Waals surface area (Å²) in [5.74, 6) is 1.84. The zero-order valence-electron chi connectivity index (χ0n) is 10.6. The van der Waals surface area contributed by atoms with Crippen LogP contribution >= 0.6 is 27.3 Å². The molecule has 0 saturated carbocycles. The number of hydrogen-bond donors (Lipinski definition) is 2. The average Bonchev–Trinajstić information content (AvgIpc) is 3.03. The maximum Gasteiger partial charge on any atom is 0.198 e. The van der Waals surface area contributed by atoms with E-state index >= 15 is 0 Å². The van der Waals surface area contributed by atoms with Crippen molar-refractivity contribution in [1.82, 2.24) is 9.97 Å². The molecule has 7 heteroatoms. The summed E-state index contributed by atoms with van der Waals surface area (Å²) in [5, 5.41) is 14.5. The molecule has 0 aliphatic heterocycles. The summed E-state index contributed by atoms with van der Waals surface area (Å²) in [7, 11) is 0. The van der Waals surface area contributed by atoms with Crippen LogP contribution in [0.3, 0.4) is 0 Å². The van der Waals surface area contributed by atoms with E-state index in [0.29, 0.717) is 28.6 Å². The molecule has 0 aliphatic carbocycles. The van der Waals surface area contributed by atoms with Gasteiger partial charge in [-0.2, -0.15) is 0 Å². The lowest BCUT2D eigenvalue weighted by Crippen LogP contribution is -2.16. The second kappa shape index (κ2) is 5.51. The summed E-state index contributed by atoms with van der Waals surface area (Å²) in [4.78, 5) is 8.98. The number of furan rings is 1. The fourth-order valence-corrected chi connectivity index (χ4v) is 2.88. The molecule has 3 rings (SSSR count). The Kier molecular flexibility index (Phi) is 3.73. The van der Waals surface area contributed by atoms with Gasteiger partial charge < -0.3 is 14.8 Å². The molecule has 2 N–H and O–H groups in total. The van der Waals surface area contributed by atoms with Crippen molar-refractivity contribution in [3.63, 3.8) is 0 Å². The van der Waals surface area contributed by atoms with E-state index in [4.69, 9.17) is 4.42 Å². The molecule has 0 bridgehead atoms. The summed E-state index contributed by atoms with van der Waals surface area (Å²) in [5.41, 5.74) is 0.862. The van der Waals surface area contributed by atoms with Crippen molar-refractivity contribution in [1.29, 1.82) is 0 Å². The molecule has 1 unspecified atom stereocenters. The quantitative estimate of drug-likeness (QED) is 0.750. The van der Waals surface area contributed by atoms with E-state index in [-0.39, 0.29) is 0 Å². The lowest BCUT2D eigenvalue weighted by molar-refractivity contribution is 0.208. The van der Waals surface area contributed by atoms with E-state index in [1.165, 1.54) is 0 Å². The van der Waals surface area contributed by atoms with Gasteiger partial charge in [0.25, 0.3) is 0 Å². The molecule has 0 saturated heterocycles. The van der Waals surface area contributed by atoms with Gasteiger partial charge in [0, 0.05) is 6.54 Å². The molecule has 3 aromatic rings. The van der Waals surface area contributed by atoms with Crippen LogP contribution in [0.25, 0.3) is 21.8 Å². The second-order valence-corrected chi connectivity index (χ2v) is 6.06. The molecule has 5 nitrogen and oxygen atoms in total. The van der Waals surface area contributed by atoms with E-state index < -0.39 is 6.10 Å². The number of aliphatic hydroxyl groups excluding tert-OH is 1. The first-order valence-corrected chi connectivity index (χ1v) is 7.73. The van der Waals surface area contributed by atoms with E-state index in [0.717, 1.165) is 10.2 Å². The van der Waals surface area contributed by atoms with Crippen LogP contribution in [0.1, 0.15) is 6.92 Å². The zero-order valence-corrected chi connectivity index (χ0v) is 13.0. The summed E-state index contributed by atoms with van der Waals surface area (Å²) >= 11 is 4.84. The number of halogens is 1. The van der Waals surface area contributed by atoms with Crippen LogP contribution in [0.15, 0.2) is 32.7 Å². The summed E-state index contributed by atoms with van der Waals surface area (Å²) in [6, 6.07) is 5.56. The Morgan fingerprint density at radius 3 is 2.95 bits per heavy atom. The number of nitrogens with zero attached hydrogens (tertiary/aromatic N) is 2. The zero-order chi connectivity index (χ0) is 14.1. The largest absolute Gasteiger partial charge is 0.446 e. The van der Waals surface area contributed by atoms with Crippen LogP contribution in [0.5, 0.6) is 0 Å². The molecule has 0 radical (unpaired) electrons. The minimum atomic E-state index is -0.443. The maximum atomic E-state index is 9.40. The normalized spacial score (nSPS) is 12.8. The Hall–Kier alpha value is -1.44. The van der Waals surface area contributed by atoms with Crippen molar-refractivity contribution in [3.05, 3.63) is 28.2 Å². The van der Waals surface area contributed by atoms with Crippen LogP contribution in [0, 0.1) is 0 Å². The van der Waals surface area contributed by atoms with Crippen LogP contribution in [0.4, 0.5) is 5.82 Å². The SMILES string of the molecule is CC(O)CNc1nc(-c2ccc(Br)o2)nc2ccsc12. The molecule has 1 atom stereocenters. The Balaban J connectivity index is 2.05. The van der Waals surface area contributed by atoms with E-state index in [1.54, 1.807) is 24.3 Å². The Morgan fingerprint density at radius 1 is 1.40 bits per heavy atom. The fourth-order valence-electron chi connectivity index (χ4n) is 1.77. The number of thiophene rings is 1. The first-order chi connectivity index (χ1) is 9.63. The summed E-state index contributed by atoms with van der Waals surface area (Å²) < 4.78 is 7.10. The number of aliphatic hydroxyl groups is 1. The average molecular weight is 354 g/mol. The van der Waals surface area contributed by atoms with Gasteiger partial charge in [-0.3, -0.25) is 0 Å². The monoisotopic (exact) mass is 353 g/mol. The van der Waals surface area contributed by atoms with Crippen molar-refractivity contribution in [3.8, 4) is 11.6 Å². The third-order valence-corrected chi connectivity index (χ3v) is 4.00. The van der Waals surface area contributed by atoms with Gasteiger partial charge in [-0.05, 0) is 46.4 Å². The first-order valence-electron chi connectivity index (χ1n) is 6.06. The van der Waals surface area contributed by atoms with Crippen LogP contribution in [-0.4, -0.2) is 27.7 Å². The molecule has 0 aliphatic rings. The Bertz CT molecular complexity index is 738. The number of fused-ring (bicyclic) bond motifs is 1. The van der Waals surface area contributed by atoms with Gasteiger partial charge in [-0.25, -0.2) is 9.97 Å². The van der Waals surface area contributed by atoms with E-state index in [9.17, 15) is 5.11 Å². The third-order valence-electron chi connectivity index (χ3n) is 2.66. The predicted octanol–water partition coefficient (Wildman–Crippen LogP) is 3.51. The molecular formula is C13H12BrN3O2S. The van der Waals surface area contributed by atoms with Crippen LogP contribution in [0.2, 0.25) is 0 Å². The van der Waals surface area contributed by atoms with Gasteiger partial charge in [0.1, 0.15) is 5.82 Å². The Morgan fingerprint density at radius 2 is 2.25 bits per heavy atom. The van der Waals surface area contributed by atoms with Gasteiger partial charge in [-0.1, -0.05) is 0 Å². The molecule has 3 heterocycles. The molecular weight excluding hydrogens is 342 g/mol. The molecule has 0 aromatic carbocycles. The lowest BCUT2D eigenvalue weighted by Gasteiger charge is -2.09. The Labute approximate surface area is 127 Å². The molecule has 0 spiro atoms. The maximum absolute atomic E-state index is 9.40. The highest BCUT2D eigenvalue weighted by Crippen LogP contribution is 2.30. The van der Waals surface area contributed by atoms with Crippen LogP contribution in [-0.2, 0) is 0 Å². The molecule has 3 aromatic heterocycles. The van der Waals surface area contributed by atoms with Gasteiger partial charge in [0.2, 0.25) is 0 Å². The minimum absolute atomic E-state index is 0.436. The van der Waals surface area contributed by atoms with Gasteiger partial charge in [0.15, 0.2) is 16.3 Å². The van der Waals surface area contributed by atoms with Crippen molar-refractivity contribution in [2.45, 2.75) is 13.0 Å². The van der Waals surface area contributed by atoms with Crippen molar-refractivity contribution >= 4 is 43.3 Å². The second-order valence-electron chi connectivity index (χ2n) is 4.36. The highest BCUT2D eigenvalue weighted by Gasteiger charge is 2.13. The van der Waals surface area contributed by atoms with Crippen molar-refractivity contribution in [2.24, 2.45) is 0 Å². The van der Waals surface area contributed by atoms with Crippen LogP contribution < -0.4 is 5.32 Å². The molecule has 0 fully saturated rings. The van der Waals surface area contributed by atoms with Gasteiger partial charge >= 0.3 is 0 Å². The minimum Gasteiger partial charge on any atom is -0.446 e. The lowest BCUT2D eigenvalue weighted by atomic mass is 10.3. The van der Waals surface area contributed by atoms with Crippen molar-refractivity contribution < 1.29 is 9.52 Å². The van der Waals surface area contributed by atoms with E-state index in [2.05, 4.69) is 31.2 Å². The standard InChI is InChI=1S/C13H12BrN3O2S/c1-7(18)6-15-13-11-8(4-5-20-11)16-12(17-13)9-2-3-10(14)19-9/h2-5,7,18H,6H2,1H3,(H,15,16,17). The number of rotatable bonds is 4. The first kappa shape index (κ1) is 13.5. The highest BCUT2D eigenvalue weighted by molar-refractivity contribution is 9.10. The highest BCUT2D eigenvalue weighted by atomic mass is 79.9. The summed E-state index contributed by atoms with van der Waals surface area (Å²) in [6.07, 6.45) is -0.443. The topological polar surface area (TPSA) is 71.2 Å². The summed E-state index contributed by atoms with van der Waals surface area (Å²) in [6.45, 7) is 2.16.